The number of hydrogen-bond acceptors (Lipinski definition) is 6. The smallest absolute Gasteiger partial charge is 0.142 e. The Bertz CT molecular complexity index is 277. The molecule has 0 saturated carbocycles. The molecule has 1 aliphatic rings. The van der Waals surface area contributed by atoms with Crippen LogP contribution >= 0.6 is 0 Å². The summed E-state index contributed by atoms with van der Waals surface area (Å²) in [6.45, 7) is 4.15. The van der Waals surface area contributed by atoms with Crippen LogP contribution in [0.1, 0.15) is 13.8 Å². The molecule has 0 aromatic heterocycles. The van der Waals surface area contributed by atoms with Gasteiger partial charge in [-0.2, -0.15) is 10.6 Å². The fourth-order valence-corrected chi connectivity index (χ4v) is 1.62. The van der Waals surface area contributed by atoms with Crippen molar-refractivity contribution in [2.75, 3.05) is 20.7 Å². The number of nitrogens with one attached hydrogen (secondary N) is 1. The Morgan fingerprint density at radius 2 is 2.43 bits per heavy atom. The summed E-state index contributed by atoms with van der Waals surface area (Å²) in [4.78, 5) is 4.69. The first-order valence-corrected chi connectivity index (χ1v) is 4.33. The van der Waals surface area contributed by atoms with E-state index in [9.17, 15) is 5.21 Å². The van der Waals surface area contributed by atoms with E-state index in [0.29, 0.717) is 12.3 Å². The van der Waals surface area contributed by atoms with Gasteiger partial charge in [0.05, 0.1) is 18.0 Å². The topological polar surface area (TPSA) is 69.4 Å². The monoisotopic (exact) mass is 200 g/mol. The second-order valence-electron chi connectivity index (χ2n) is 3.38. The maximum absolute atomic E-state index is 9.21. The van der Waals surface area contributed by atoms with Crippen molar-refractivity contribution in [1.82, 2.24) is 10.5 Å². The molecule has 6 heteroatoms. The van der Waals surface area contributed by atoms with Crippen LogP contribution in [0.2, 0.25) is 0 Å². The Kier molecular flexibility index (Phi) is 3.07. The zero-order chi connectivity index (χ0) is 10.8. The number of oxime groups is 1. The van der Waals surface area contributed by atoms with Crippen LogP contribution in [-0.2, 0) is 4.84 Å². The van der Waals surface area contributed by atoms with E-state index in [0.717, 1.165) is 5.71 Å². The van der Waals surface area contributed by atoms with Gasteiger partial charge in [0.25, 0.3) is 0 Å². The summed E-state index contributed by atoms with van der Waals surface area (Å²) < 4.78 is 0. The average molecular weight is 200 g/mol. The lowest BCUT2D eigenvalue weighted by molar-refractivity contribution is 0.116. The Hall–Kier alpha value is -1.14. The minimum absolute atomic E-state index is 0.536. The standard InChI is InChI=1S/C8H16N4O2/c1-6-8(11-13,5-12(3)9-6)7(2)10-14-4/h11,13H,5H2,1-4H3. The highest BCUT2D eigenvalue weighted by molar-refractivity contribution is 6.15. The van der Waals surface area contributed by atoms with Gasteiger partial charge in [0.2, 0.25) is 0 Å². The van der Waals surface area contributed by atoms with Crippen molar-refractivity contribution in [3.8, 4) is 0 Å². The van der Waals surface area contributed by atoms with Crippen molar-refractivity contribution in [2.24, 2.45) is 10.3 Å². The van der Waals surface area contributed by atoms with Crippen molar-refractivity contribution in [3.63, 3.8) is 0 Å². The van der Waals surface area contributed by atoms with E-state index in [1.807, 2.05) is 14.0 Å². The highest BCUT2D eigenvalue weighted by Gasteiger charge is 2.42. The Morgan fingerprint density at radius 3 is 2.79 bits per heavy atom. The summed E-state index contributed by atoms with van der Waals surface area (Å²) in [6.07, 6.45) is 0. The van der Waals surface area contributed by atoms with Gasteiger partial charge in [0.15, 0.2) is 0 Å². The summed E-state index contributed by atoms with van der Waals surface area (Å²) in [5.41, 5.74) is 2.95. The highest BCUT2D eigenvalue weighted by atomic mass is 16.6. The molecule has 1 atom stereocenters. The van der Waals surface area contributed by atoms with Gasteiger partial charge < -0.3 is 10.0 Å². The third kappa shape index (κ3) is 1.58. The Labute approximate surface area is 83.2 Å². The third-order valence-electron chi connectivity index (χ3n) is 2.44. The Balaban J connectivity index is 3.00. The lowest BCUT2D eigenvalue weighted by Gasteiger charge is -2.26. The van der Waals surface area contributed by atoms with Crippen molar-refractivity contribution in [3.05, 3.63) is 0 Å². The van der Waals surface area contributed by atoms with Crippen LogP contribution in [-0.4, -0.2) is 47.9 Å². The maximum atomic E-state index is 9.21. The molecule has 2 N–H and O–H groups in total. The summed E-state index contributed by atoms with van der Waals surface area (Å²) >= 11 is 0. The first-order valence-electron chi connectivity index (χ1n) is 4.33. The number of likely N-dealkylation sites (N-methyl/N-ethyl adjacent to an activating group) is 1. The molecule has 0 aromatic carbocycles. The van der Waals surface area contributed by atoms with Gasteiger partial charge in [-0.3, -0.25) is 5.01 Å². The van der Waals surface area contributed by atoms with Crippen LogP contribution in [0, 0.1) is 0 Å². The minimum Gasteiger partial charge on any atom is -0.399 e. The molecule has 0 bridgehead atoms. The molecule has 0 fully saturated rings. The van der Waals surface area contributed by atoms with E-state index in [-0.39, 0.29) is 0 Å². The molecule has 0 radical (unpaired) electrons. The molecule has 0 saturated heterocycles. The Morgan fingerprint density at radius 1 is 1.79 bits per heavy atom. The summed E-state index contributed by atoms with van der Waals surface area (Å²) in [7, 11) is 3.31. The zero-order valence-electron chi connectivity index (χ0n) is 8.90. The van der Waals surface area contributed by atoms with Gasteiger partial charge >= 0.3 is 0 Å². The normalized spacial score (nSPS) is 27.9. The molecular weight excluding hydrogens is 184 g/mol. The number of nitrogens with zero attached hydrogens (tertiary/aromatic N) is 3. The van der Waals surface area contributed by atoms with Gasteiger partial charge in [-0.1, -0.05) is 5.16 Å². The van der Waals surface area contributed by atoms with E-state index in [1.54, 1.807) is 11.9 Å². The van der Waals surface area contributed by atoms with E-state index in [2.05, 4.69) is 20.6 Å². The summed E-state index contributed by atoms with van der Waals surface area (Å²) in [5, 5.41) is 19.0. The van der Waals surface area contributed by atoms with Crippen LogP contribution in [0.25, 0.3) is 0 Å². The van der Waals surface area contributed by atoms with E-state index in [1.165, 1.54) is 7.11 Å². The molecular formula is C8H16N4O2. The minimum atomic E-state index is -0.717. The van der Waals surface area contributed by atoms with Crippen molar-refractivity contribution in [2.45, 2.75) is 19.4 Å². The lowest BCUT2D eigenvalue weighted by Crippen LogP contribution is -2.57. The zero-order valence-corrected chi connectivity index (χ0v) is 8.90. The molecule has 0 aliphatic carbocycles. The predicted molar refractivity (Wildman–Crippen MR) is 53.5 cm³/mol. The first kappa shape index (κ1) is 10.9. The molecule has 1 rings (SSSR count). The molecule has 0 amide bonds. The van der Waals surface area contributed by atoms with E-state index >= 15 is 0 Å². The lowest BCUT2D eigenvalue weighted by atomic mass is 9.91. The first-order chi connectivity index (χ1) is 6.56. The van der Waals surface area contributed by atoms with Crippen LogP contribution in [0.5, 0.6) is 0 Å². The molecule has 0 spiro atoms. The average Bonchev–Trinajstić information content (AvgIpc) is 2.42. The molecule has 1 heterocycles. The second kappa shape index (κ2) is 3.93. The van der Waals surface area contributed by atoms with Crippen molar-refractivity contribution < 1.29 is 10.0 Å². The van der Waals surface area contributed by atoms with Crippen molar-refractivity contribution >= 4 is 11.4 Å². The quantitative estimate of drug-likeness (QED) is 0.499. The predicted octanol–water partition coefficient (Wildman–Crippen LogP) is 0.0476. The van der Waals surface area contributed by atoms with Gasteiger partial charge in [-0.15, -0.1) is 0 Å². The van der Waals surface area contributed by atoms with E-state index in [4.69, 9.17) is 0 Å². The molecule has 14 heavy (non-hydrogen) atoms. The van der Waals surface area contributed by atoms with Crippen LogP contribution in [0.15, 0.2) is 10.3 Å². The van der Waals surface area contributed by atoms with Gasteiger partial charge in [0, 0.05) is 7.05 Å². The SMILES string of the molecule is CON=C(C)C1(NO)CN(C)N=C1C. The fraction of sp³-hybridized carbons (Fsp3) is 0.750. The molecule has 1 aliphatic heterocycles. The summed E-state index contributed by atoms with van der Waals surface area (Å²) in [6, 6.07) is 0. The van der Waals surface area contributed by atoms with E-state index < -0.39 is 5.54 Å². The fourth-order valence-electron chi connectivity index (χ4n) is 1.62. The number of rotatable bonds is 3. The second-order valence-corrected chi connectivity index (χ2v) is 3.38. The molecule has 80 valence electrons. The largest absolute Gasteiger partial charge is 0.399 e. The van der Waals surface area contributed by atoms with Gasteiger partial charge in [-0.25, -0.2) is 0 Å². The maximum Gasteiger partial charge on any atom is 0.142 e. The number of hydrazone groups is 1. The van der Waals surface area contributed by atoms with Crippen LogP contribution in [0.3, 0.4) is 0 Å². The number of hydroxylamine groups is 1. The van der Waals surface area contributed by atoms with Gasteiger partial charge in [0.1, 0.15) is 12.6 Å². The highest BCUT2D eigenvalue weighted by Crippen LogP contribution is 2.19. The van der Waals surface area contributed by atoms with Crippen molar-refractivity contribution in [1.29, 1.82) is 0 Å². The number of hydrogen-bond donors (Lipinski definition) is 2. The third-order valence-corrected chi connectivity index (χ3v) is 2.44. The van der Waals surface area contributed by atoms with Crippen LogP contribution in [0.4, 0.5) is 0 Å². The van der Waals surface area contributed by atoms with Crippen LogP contribution < -0.4 is 5.48 Å². The van der Waals surface area contributed by atoms with Gasteiger partial charge in [-0.05, 0) is 13.8 Å². The summed E-state index contributed by atoms with van der Waals surface area (Å²) in [5.74, 6) is 0. The molecule has 1 unspecified atom stereocenters. The molecule has 0 aromatic rings. The molecule has 6 nitrogen and oxygen atoms in total.